The first kappa shape index (κ1) is 11.9. The summed E-state index contributed by atoms with van der Waals surface area (Å²) in [6.45, 7) is 7.19. The predicted molar refractivity (Wildman–Crippen MR) is 71.4 cm³/mol. The summed E-state index contributed by atoms with van der Waals surface area (Å²) in [6.07, 6.45) is 4.27. The number of benzene rings is 1. The second-order valence-corrected chi connectivity index (χ2v) is 11.1. The topological polar surface area (TPSA) is 12.5 Å². The van der Waals surface area contributed by atoms with Crippen LogP contribution in [0.5, 0.6) is 0 Å². The lowest BCUT2D eigenvalue weighted by Crippen LogP contribution is -2.30. The summed E-state index contributed by atoms with van der Waals surface area (Å²) >= 11 is 0. The Morgan fingerprint density at radius 2 is 1.81 bits per heavy atom. The van der Waals surface area contributed by atoms with Crippen molar-refractivity contribution in [2.45, 2.75) is 50.7 Å². The molecule has 88 valence electrons. The molecule has 2 rings (SSSR count). The van der Waals surface area contributed by atoms with Gasteiger partial charge in [-0.1, -0.05) is 50.0 Å². The van der Waals surface area contributed by atoms with Crippen molar-refractivity contribution in [3.05, 3.63) is 35.9 Å². The standard InChI is InChI=1S/C14H22OSi/c1-16(2,3)14-13(15-14)11-7-10-12-8-5-4-6-9-12/h4-6,8-9,13-14H,7,10-11H2,1-3H3/t13-,14-/m0/s1. The molecule has 2 atom stereocenters. The average molecular weight is 234 g/mol. The zero-order valence-electron chi connectivity index (χ0n) is 10.6. The molecule has 1 heterocycles. The van der Waals surface area contributed by atoms with E-state index in [0.717, 1.165) is 0 Å². The van der Waals surface area contributed by atoms with Crippen molar-refractivity contribution in [2.75, 3.05) is 0 Å². The smallest absolute Gasteiger partial charge is 0.0819 e. The largest absolute Gasteiger partial charge is 0.373 e. The second kappa shape index (κ2) is 4.72. The van der Waals surface area contributed by atoms with Crippen LogP contribution < -0.4 is 0 Å². The summed E-state index contributed by atoms with van der Waals surface area (Å²) in [7, 11) is -1.04. The van der Waals surface area contributed by atoms with Gasteiger partial charge >= 0.3 is 0 Å². The Hall–Kier alpha value is -0.603. The maximum absolute atomic E-state index is 5.78. The van der Waals surface area contributed by atoms with E-state index in [-0.39, 0.29) is 0 Å². The van der Waals surface area contributed by atoms with Crippen LogP contribution in [0.25, 0.3) is 0 Å². The van der Waals surface area contributed by atoms with Crippen LogP contribution in [0, 0.1) is 0 Å². The number of hydrogen-bond donors (Lipinski definition) is 0. The van der Waals surface area contributed by atoms with E-state index in [1.165, 1.54) is 24.8 Å². The Balaban J connectivity index is 1.68. The van der Waals surface area contributed by atoms with Gasteiger partial charge in [0.2, 0.25) is 0 Å². The molecule has 0 spiro atoms. The second-order valence-electron chi connectivity index (χ2n) is 5.84. The molecule has 0 bridgehead atoms. The van der Waals surface area contributed by atoms with Crippen molar-refractivity contribution >= 4 is 8.07 Å². The summed E-state index contributed by atoms with van der Waals surface area (Å²) in [5.74, 6) is 0. The third-order valence-corrected chi connectivity index (χ3v) is 5.45. The fourth-order valence-corrected chi connectivity index (χ4v) is 4.14. The summed E-state index contributed by atoms with van der Waals surface area (Å²) in [5.41, 5.74) is 2.08. The third kappa shape index (κ3) is 3.19. The highest BCUT2D eigenvalue weighted by Gasteiger charge is 2.47. The SMILES string of the molecule is C[Si](C)(C)[C@@H]1O[C@H]1CCCc1ccccc1. The molecule has 0 N–H and O–H groups in total. The molecule has 0 amide bonds. The average Bonchev–Trinajstić information content (AvgIpc) is 2.98. The van der Waals surface area contributed by atoms with Crippen LogP contribution in [-0.4, -0.2) is 19.9 Å². The number of epoxide rings is 1. The highest BCUT2D eigenvalue weighted by atomic mass is 28.3. The molecule has 0 aliphatic carbocycles. The van der Waals surface area contributed by atoms with Gasteiger partial charge in [-0.3, -0.25) is 0 Å². The highest BCUT2D eigenvalue weighted by Crippen LogP contribution is 2.34. The van der Waals surface area contributed by atoms with Gasteiger partial charge in [-0.15, -0.1) is 0 Å². The van der Waals surface area contributed by atoms with Gasteiger partial charge in [0.15, 0.2) is 0 Å². The lowest BCUT2D eigenvalue weighted by molar-refractivity contribution is 0.380. The van der Waals surface area contributed by atoms with Gasteiger partial charge in [0.25, 0.3) is 0 Å². The van der Waals surface area contributed by atoms with Crippen LogP contribution in [0.15, 0.2) is 30.3 Å². The zero-order valence-corrected chi connectivity index (χ0v) is 11.6. The fraction of sp³-hybridized carbons (Fsp3) is 0.571. The predicted octanol–water partition coefficient (Wildman–Crippen LogP) is 3.65. The van der Waals surface area contributed by atoms with E-state index < -0.39 is 8.07 Å². The van der Waals surface area contributed by atoms with E-state index in [4.69, 9.17) is 4.74 Å². The Bertz CT molecular complexity index is 328. The molecular weight excluding hydrogens is 212 g/mol. The van der Waals surface area contributed by atoms with Gasteiger partial charge in [-0.2, -0.15) is 0 Å². The van der Waals surface area contributed by atoms with E-state index in [0.29, 0.717) is 11.8 Å². The molecule has 16 heavy (non-hydrogen) atoms. The molecule has 1 nitrogen and oxygen atoms in total. The first-order valence-electron chi connectivity index (χ1n) is 6.27. The Kier molecular flexibility index (Phi) is 3.50. The Morgan fingerprint density at radius 3 is 2.38 bits per heavy atom. The first-order valence-corrected chi connectivity index (χ1v) is 9.84. The number of hydrogen-bond acceptors (Lipinski definition) is 1. The van der Waals surface area contributed by atoms with Gasteiger partial charge in [-0.05, 0) is 24.8 Å². The van der Waals surface area contributed by atoms with E-state index in [9.17, 15) is 0 Å². The van der Waals surface area contributed by atoms with Crippen LogP contribution in [0.3, 0.4) is 0 Å². The minimum absolute atomic E-state index is 0.579. The fourth-order valence-electron chi connectivity index (χ4n) is 2.28. The minimum atomic E-state index is -1.04. The molecule has 1 aliphatic heterocycles. The van der Waals surface area contributed by atoms with Crippen molar-refractivity contribution in [2.24, 2.45) is 0 Å². The zero-order chi connectivity index (χ0) is 11.6. The Morgan fingerprint density at radius 1 is 1.12 bits per heavy atom. The highest BCUT2D eigenvalue weighted by molar-refractivity contribution is 6.78. The number of ether oxygens (including phenoxy) is 1. The summed E-state index contributed by atoms with van der Waals surface area (Å²) < 4.78 is 5.78. The van der Waals surface area contributed by atoms with E-state index >= 15 is 0 Å². The van der Waals surface area contributed by atoms with Gasteiger partial charge in [0.05, 0.1) is 19.9 Å². The van der Waals surface area contributed by atoms with E-state index in [2.05, 4.69) is 50.0 Å². The molecule has 0 aromatic heterocycles. The van der Waals surface area contributed by atoms with Crippen LogP contribution in [-0.2, 0) is 11.2 Å². The van der Waals surface area contributed by atoms with Crippen molar-refractivity contribution in [1.29, 1.82) is 0 Å². The van der Waals surface area contributed by atoms with E-state index in [1.807, 2.05) is 0 Å². The lowest BCUT2D eigenvalue weighted by atomic mass is 10.1. The van der Waals surface area contributed by atoms with Crippen LogP contribution in [0.2, 0.25) is 19.6 Å². The number of aryl methyl sites for hydroxylation is 1. The Labute approximate surface area is 99.8 Å². The van der Waals surface area contributed by atoms with Crippen LogP contribution in [0.4, 0.5) is 0 Å². The molecule has 1 saturated heterocycles. The molecule has 1 aromatic rings. The van der Waals surface area contributed by atoms with Crippen molar-refractivity contribution in [3.8, 4) is 0 Å². The monoisotopic (exact) mass is 234 g/mol. The van der Waals surface area contributed by atoms with Crippen molar-refractivity contribution in [3.63, 3.8) is 0 Å². The molecule has 1 aliphatic rings. The molecule has 1 aromatic carbocycles. The maximum atomic E-state index is 5.78. The number of rotatable bonds is 5. The first-order chi connectivity index (χ1) is 7.57. The molecule has 1 fully saturated rings. The van der Waals surface area contributed by atoms with Crippen LogP contribution >= 0.6 is 0 Å². The van der Waals surface area contributed by atoms with Crippen molar-refractivity contribution < 1.29 is 4.74 Å². The van der Waals surface area contributed by atoms with Gasteiger partial charge in [0, 0.05) is 0 Å². The lowest BCUT2D eigenvalue weighted by Gasteiger charge is -2.11. The molecule has 0 saturated carbocycles. The quantitative estimate of drug-likeness (QED) is 0.559. The minimum Gasteiger partial charge on any atom is -0.373 e. The van der Waals surface area contributed by atoms with Crippen LogP contribution in [0.1, 0.15) is 18.4 Å². The normalized spacial score (nSPS) is 24.4. The maximum Gasteiger partial charge on any atom is 0.0819 e. The van der Waals surface area contributed by atoms with E-state index in [1.54, 1.807) is 0 Å². The summed E-state index contributed by atoms with van der Waals surface area (Å²) in [6, 6.07) is 10.7. The van der Waals surface area contributed by atoms with Gasteiger partial charge in [0.1, 0.15) is 0 Å². The summed E-state index contributed by atoms with van der Waals surface area (Å²) in [4.78, 5) is 0. The molecule has 0 unspecified atom stereocenters. The molecule has 0 radical (unpaired) electrons. The molecule has 2 heteroatoms. The van der Waals surface area contributed by atoms with Gasteiger partial charge in [-0.25, -0.2) is 0 Å². The van der Waals surface area contributed by atoms with Crippen molar-refractivity contribution in [1.82, 2.24) is 0 Å². The van der Waals surface area contributed by atoms with Gasteiger partial charge < -0.3 is 4.74 Å². The molecular formula is C14H22OSi. The third-order valence-electron chi connectivity index (χ3n) is 3.23. The summed E-state index contributed by atoms with van der Waals surface area (Å²) in [5, 5.41) is 0.